The molecule has 0 saturated heterocycles. The minimum Gasteiger partial charge on any atom is -0.496 e. The van der Waals surface area contributed by atoms with Gasteiger partial charge in [-0.05, 0) is 36.2 Å². The average molecular weight is 275 g/mol. The van der Waals surface area contributed by atoms with E-state index in [1.807, 2.05) is 25.1 Å². The first-order valence-corrected chi connectivity index (χ1v) is 6.15. The molecule has 2 N–H and O–H groups in total. The molecule has 106 valence electrons. The SMILES string of the molecule is COC(=O)c1ccc(C(N)c2ccc(C)c(OC)c2)o1. The van der Waals surface area contributed by atoms with E-state index in [2.05, 4.69) is 4.74 Å². The molecule has 5 nitrogen and oxygen atoms in total. The Kier molecular flexibility index (Phi) is 4.10. The number of carbonyl (C=O) groups excluding carboxylic acids is 1. The molecule has 0 radical (unpaired) electrons. The highest BCUT2D eigenvalue weighted by Gasteiger charge is 2.17. The van der Waals surface area contributed by atoms with Crippen LogP contribution >= 0.6 is 0 Å². The van der Waals surface area contributed by atoms with Crippen molar-refractivity contribution in [1.82, 2.24) is 0 Å². The molecule has 5 heteroatoms. The second-order valence-corrected chi connectivity index (χ2v) is 4.40. The molecule has 0 fully saturated rings. The molecular formula is C15H17NO4. The molecule has 0 spiro atoms. The fraction of sp³-hybridized carbons (Fsp3) is 0.267. The van der Waals surface area contributed by atoms with Crippen LogP contribution < -0.4 is 10.5 Å². The van der Waals surface area contributed by atoms with Crippen LogP contribution in [0.3, 0.4) is 0 Å². The number of carbonyl (C=O) groups is 1. The third-order valence-electron chi connectivity index (χ3n) is 3.11. The number of esters is 1. The van der Waals surface area contributed by atoms with Crippen LogP contribution in [0.25, 0.3) is 0 Å². The van der Waals surface area contributed by atoms with Gasteiger partial charge in [0.2, 0.25) is 5.76 Å². The van der Waals surface area contributed by atoms with E-state index in [9.17, 15) is 4.79 Å². The molecule has 0 bridgehead atoms. The maximum absolute atomic E-state index is 11.4. The van der Waals surface area contributed by atoms with Crippen molar-refractivity contribution in [2.24, 2.45) is 5.73 Å². The fourth-order valence-corrected chi connectivity index (χ4v) is 1.92. The molecule has 20 heavy (non-hydrogen) atoms. The minimum atomic E-state index is -0.523. The molecule has 1 unspecified atom stereocenters. The Bertz CT molecular complexity index is 618. The Morgan fingerprint density at radius 3 is 2.65 bits per heavy atom. The van der Waals surface area contributed by atoms with Crippen LogP contribution in [0, 0.1) is 6.92 Å². The summed E-state index contributed by atoms with van der Waals surface area (Å²) in [6, 6.07) is 8.44. The number of rotatable bonds is 4. The minimum absolute atomic E-state index is 0.136. The van der Waals surface area contributed by atoms with Crippen molar-refractivity contribution >= 4 is 5.97 Å². The Morgan fingerprint density at radius 1 is 1.25 bits per heavy atom. The van der Waals surface area contributed by atoms with E-state index >= 15 is 0 Å². The molecule has 0 aliphatic rings. The van der Waals surface area contributed by atoms with Gasteiger partial charge in [0.15, 0.2) is 0 Å². The van der Waals surface area contributed by atoms with Gasteiger partial charge in [-0.15, -0.1) is 0 Å². The van der Waals surface area contributed by atoms with E-state index in [1.54, 1.807) is 19.2 Å². The fourth-order valence-electron chi connectivity index (χ4n) is 1.92. The topological polar surface area (TPSA) is 74.7 Å². The van der Waals surface area contributed by atoms with Gasteiger partial charge in [0.1, 0.15) is 11.5 Å². The summed E-state index contributed by atoms with van der Waals surface area (Å²) in [5.74, 6) is 0.871. The van der Waals surface area contributed by atoms with Crippen LogP contribution in [-0.2, 0) is 4.74 Å². The zero-order valence-electron chi connectivity index (χ0n) is 11.7. The van der Waals surface area contributed by atoms with Gasteiger partial charge in [-0.1, -0.05) is 12.1 Å². The molecule has 2 rings (SSSR count). The summed E-state index contributed by atoms with van der Waals surface area (Å²) in [6.07, 6.45) is 0. The van der Waals surface area contributed by atoms with Gasteiger partial charge in [-0.25, -0.2) is 4.79 Å². The van der Waals surface area contributed by atoms with E-state index in [1.165, 1.54) is 7.11 Å². The lowest BCUT2D eigenvalue weighted by atomic mass is 10.0. The normalized spacial score (nSPS) is 12.0. The van der Waals surface area contributed by atoms with Crippen LogP contribution in [0.5, 0.6) is 5.75 Å². The molecule has 0 aliphatic heterocycles. The Hall–Kier alpha value is -2.27. The average Bonchev–Trinajstić information content (AvgIpc) is 2.96. The molecule has 0 saturated carbocycles. The maximum Gasteiger partial charge on any atom is 0.373 e. The predicted molar refractivity (Wildman–Crippen MR) is 73.8 cm³/mol. The van der Waals surface area contributed by atoms with Crippen molar-refractivity contribution in [3.05, 3.63) is 53.0 Å². The van der Waals surface area contributed by atoms with Crippen LogP contribution in [0.4, 0.5) is 0 Å². The van der Waals surface area contributed by atoms with E-state index in [0.29, 0.717) is 5.76 Å². The number of nitrogens with two attached hydrogens (primary N) is 1. The molecule has 1 heterocycles. The number of aryl methyl sites for hydroxylation is 1. The standard InChI is InChI=1S/C15H17NO4/c1-9-4-5-10(8-13(9)18-2)14(16)11-6-7-12(20-11)15(17)19-3/h4-8,14H,16H2,1-3H3. The van der Waals surface area contributed by atoms with Gasteiger partial charge < -0.3 is 19.6 Å². The van der Waals surface area contributed by atoms with Crippen LogP contribution in [-0.4, -0.2) is 20.2 Å². The summed E-state index contributed by atoms with van der Waals surface area (Å²) >= 11 is 0. The summed E-state index contributed by atoms with van der Waals surface area (Å²) in [4.78, 5) is 11.4. The monoisotopic (exact) mass is 275 g/mol. The number of benzene rings is 1. The third-order valence-corrected chi connectivity index (χ3v) is 3.11. The van der Waals surface area contributed by atoms with Crippen molar-refractivity contribution in [2.45, 2.75) is 13.0 Å². The first-order chi connectivity index (χ1) is 9.56. The van der Waals surface area contributed by atoms with Crippen molar-refractivity contribution in [3.63, 3.8) is 0 Å². The van der Waals surface area contributed by atoms with Gasteiger partial charge in [0, 0.05) is 0 Å². The van der Waals surface area contributed by atoms with Crippen molar-refractivity contribution in [3.8, 4) is 5.75 Å². The lowest BCUT2D eigenvalue weighted by molar-refractivity contribution is 0.0562. The smallest absolute Gasteiger partial charge is 0.373 e. The first kappa shape index (κ1) is 14.1. The lowest BCUT2D eigenvalue weighted by Gasteiger charge is -2.12. The molecule has 1 aromatic heterocycles. The molecule has 2 aromatic rings. The maximum atomic E-state index is 11.4. The summed E-state index contributed by atoms with van der Waals surface area (Å²) in [7, 11) is 2.91. The second kappa shape index (κ2) is 5.79. The predicted octanol–water partition coefficient (Wildman–Crippen LogP) is 2.43. The number of ether oxygens (including phenoxy) is 2. The number of furan rings is 1. The number of methoxy groups -OCH3 is 2. The van der Waals surface area contributed by atoms with Gasteiger partial charge in [0.25, 0.3) is 0 Å². The van der Waals surface area contributed by atoms with E-state index < -0.39 is 12.0 Å². The zero-order chi connectivity index (χ0) is 14.7. The van der Waals surface area contributed by atoms with Gasteiger partial charge >= 0.3 is 5.97 Å². The summed E-state index contributed by atoms with van der Waals surface area (Å²) in [5, 5.41) is 0. The molecule has 1 atom stereocenters. The first-order valence-electron chi connectivity index (χ1n) is 6.15. The highest BCUT2D eigenvalue weighted by Crippen LogP contribution is 2.27. The van der Waals surface area contributed by atoms with Gasteiger partial charge in [-0.3, -0.25) is 0 Å². The van der Waals surface area contributed by atoms with Crippen LogP contribution in [0.1, 0.15) is 33.5 Å². The van der Waals surface area contributed by atoms with E-state index in [4.69, 9.17) is 14.9 Å². The Morgan fingerprint density at radius 2 is 2.00 bits per heavy atom. The highest BCUT2D eigenvalue weighted by atomic mass is 16.5. The third kappa shape index (κ3) is 2.67. The lowest BCUT2D eigenvalue weighted by Crippen LogP contribution is -2.11. The highest BCUT2D eigenvalue weighted by molar-refractivity contribution is 5.86. The second-order valence-electron chi connectivity index (χ2n) is 4.40. The van der Waals surface area contributed by atoms with Crippen LogP contribution in [0.2, 0.25) is 0 Å². The molecule has 0 aliphatic carbocycles. The number of hydrogen-bond acceptors (Lipinski definition) is 5. The van der Waals surface area contributed by atoms with E-state index in [0.717, 1.165) is 16.9 Å². The van der Waals surface area contributed by atoms with Crippen molar-refractivity contribution in [1.29, 1.82) is 0 Å². The molecule has 1 aromatic carbocycles. The van der Waals surface area contributed by atoms with Crippen molar-refractivity contribution in [2.75, 3.05) is 14.2 Å². The summed E-state index contributed by atoms with van der Waals surface area (Å²) in [6.45, 7) is 1.95. The van der Waals surface area contributed by atoms with E-state index in [-0.39, 0.29) is 5.76 Å². The van der Waals surface area contributed by atoms with Gasteiger partial charge in [0.05, 0.1) is 20.3 Å². The zero-order valence-corrected chi connectivity index (χ0v) is 11.7. The Balaban J connectivity index is 2.29. The number of hydrogen-bond donors (Lipinski definition) is 1. The summed E-state index contributed by atoms with van der Waals surface area (Å²) < 4.78 is 15.3. The Labute approximate surface area is 117 Å². The largest absolute Gasteiger partial charge is 0.496 e. The molecule has 0 amide bonds. The quantitative estimate of drug-likeness (QED) is 0.867. The summed E-state index contributed by atoms with van der Waals surface area (Å²) in [5.41, 5.74) is 8.02. The van der Waals surface area contributed by atoms with Crippen LogP contribution in [0.15, 0.2) is 34.7 Å². The van der Waals surface area contributed by atoms with Gasteiger partial charge in [-0.2, -0.15) is 0 Å². The molecular weight excluding hydrogens is 258 g/mol. The van der Waals surface area contributed by atoms with Crippen molar-refractivity contribution < 1.29 is 18.7 Å².